The van der Waals surface area contributed by atoms with Crippen molar-refractivity contribution in [3.05, 3.63) is 35.4 Å². The van der Waals surface area contributed by atoms with Gasteiger partial charge in [-0.25, -0.2) is 0 Å². The molecule has 3 rings (SSSR count). The lowest BCUT2D eigenvalue weighted by atomic mass is 9.77. The van der Waals surface area contributed by atoms with Crippen LogP contribution in [0.3, 0.4) is 0 Å². The van der Waals surface area contributed by atoms with Crippen LogP contribution in [0.1, 0.15) is 68.9 Å². The Morgan fingerprint density at radius 1 is 1.15 bits per heavy atom. The SMILES string of the molecule is CCCNC(CCc1ccccc1C1CCC1)C1CC1. The zero-order valence-corrected chi connectivity index (χ0v) is 12.9. The van der Waals surface area contributed by atoms with Crippen LogP contribution in [-0.2, 0) is 6.42 Å². The first-order valence-electron chi connectivity index (χ1n) is 8.69. The maximum atomic E-state index is 3.78. The van der Waals surface area contributed by atoms with Crippen LogP contribution >= 0.6 is 0 Å². The Kier molecular flexibility index (Phi) is 4.77. The summed E-state index contributed by atoms with van der Waals surface area (Å²) >= 11 is 0. The fraction of sp³-hybridized carbons (Fsp3) is 0.684. The summed E-state index contributed by atoms with van der Waals surface area (Å²) in [7, 11) is 0. The quantitative estimate of drug-likeness (QED) is 0.725. The van der Waals surface area contributed by atoms with Crippen LogP contribution in [-0.4, -0.2) is 12.6 Å². The summed E-state index contributed by atoms with van der Waals surface area (Å²) in [6.45, 7) is 3.45. The monoisotopic (exact) mass is 271 g/mol. The second-order valence-corrected chi connectivity index (χ2v) is 6.76. The molecule has 1 nitrogen and oxygen atoms in total. The van der Waals surface area contributed by atoms with Crippen LogP contribution in [0.4, 0.5) is 0 Å². The molecule has 0 amide bonds. The fourth-order valence-electron chi connectivity index (χ4n) is 3.52. The predicted octanol–water partition coefficient (Wildman–Crippen LogP) is 4.66. The van der Waals surface area contributed by atoms with Gasteiger partial charge in [0, 0.05) is 6.04 Å². The molecule has 2 aliphatic carbocycles. The zero-order valence-electron chi connectivity index (χ0n) is 12.9. The van der Waals surface area contributed by atoms with Gasteiger partial charge in [0.15, 0.2) is 0 Å². The zero-order chi connectivity index (χ0) is 13.8. The van der Waals surface area contributed by atoms with E-state index < -0.39 is 0 Å². The van der Waals surface area contributed by atoms with Crippen molar-refractivity contribution in [2.75, 3.05) is 6.54 Å². The Labute approximate surface area is 124 Å². The van der Waals surface area contributed by atoms with E-state index in [1.807, 2.05) is 0 Å². The smallest absolute Gasteiger partial charge is 0.00984 e. The Morgan fingerprint density at radius 2 is 1.95 bits per heavy atom. The van der Waals surface area contributed by atoms with Crippen molar-refractivity contribution >= 4 is 0 Å². The van der Waals surface area contributed by atoms with Crippen LogP contribution < -0.4 is 5.32 Å². The summed E-state index contributed by atoms with van der Waals surface area (Å²) in [5.41, 5.74) is 3.28. The van der Waals surface area contributed by atoms with Crippen molar-refractivity contribution in [3.63, 3.8) is 0 Å². The van der Waals surface area contributed by atoms with E-state index in [2.05, 4.69) is 36.5 Å². The van der Waals surface area contributed by atoms with Gasteiger partial charge in [-0.1, -0.05) is 37.6 Å². The minimum Gasteiger partial charge on any atom is -0.314 e. The number of hydrogen-bond donors (Lipinski definition) is 1. The van der Waals surface area contributed by atoms with Gasteiger partial charge in [0.2, 0.25) is 0 Å². The molecule has 0 radical (unpaired) electrons. The lowest BCUT2D eigenvalue weighted by molar-refractivity contribution is 0.411. The number of hydrogen-bond acceptors (Lipinski definition) is 1. The van der Waals surface area contributed by atoms with Crippen LogP contribution in [0, 0.1) is 5.92 Å². The molecule has 0 saturated heterocycles. The molecule has 1 unspecified atom stereocenters. The second kappa shape index (κ2) is 6.76. The van der Waals surface area contributed by atoms with E-state index in [0.717, 1.165) is 17.9 Å². The van der Waals surface area contributed by atoms with E-state index in [1.165, 1.54) is 57.9 Å². The lowest BCUT2D eigenvalue weighted by Gasteiger charge is -2.28. The first-order chi connectivity index (χ1) is 9.88. The van der Waals surface area contributed by atoms with Gasteiger partial charge in [0.1, 0.15) is 0 Å². The van der Waals surface area contributed by atoms with E-state index in [1.54, 1.807) is 11.1 Å². The van der Waals surface area contributed by atoms with Crippen molar-refractivity contribution < 1.29 is 0 Å². The van der Waals surface area contributed by atoms with Crippen LogP contribution in [0.5, 0.6) is 0 Å². The van der Waals surface area contributed by atoms with E-state index in [-0.39, 0.29) is 0 Å². The maximum absolute atomic E-state index is 3.78. The Hall–Kier alpha value is -0.820. The van der Waals surface area contributed by atoms with Gasteiger partial charge in [0.25, 0.3) is 0 Å². The minimum absolute atomic E-state index is 0.768. The number of rotatable bonds is 8. The molecule has 0 aliphatic heterocycles. The number of aryl methyl sites for hydroxylation is 1. The molecule has 2 saturated carbocycles. The van der Waals surface area contributed by atoms with Crippen molar-refractivity contribution in [1.29, 1.82) is 0 Å². The highest BCUT2D eigenvalue weighted by Gasteiger charge is 2.30. The first kappa shape index (κ1) is 14.1. The summed E-state index contributed by atoms with van der Waals surface area (Å²) in [6.07, 6.45) is 11.0. The average molecular weight is 271 g/mol. The van der Waals surface area contributed by atoms with E-state index >= 15 is 0 Å². The Morgan fingerprint density at radius 3 is 2.60 bits per heavy atom. The summed E-state index contributed by atoms with van der Waals surface area (Å²) in [5, 5.41) is 3.78. The number of nitrogens with one attached hydrogen (secondary N) is 1. The van der Waals surface area contributed by atoms with E-state index in [4.69, 9.17) is 0 Å². The summed E-state index contributed by atoms with van der Waals surface area (Å²) < 4.78 is 0. The van der Waals surface area contributed by atoms with Gasteiger partial charge >= 0.3 is 0 Å². The highest BCUT2D eigenvalue weighted by atomic mass is 14.9. The van der Waals surface area contributed by atoms with Gasteiger partial charge in [-0.05, 0) is 74.5 Å². The molecule has 110 valence electrons. The average Bonchev–Trinajstić information content (AvgIpc) is 3.23. The predicted molar refractivity (Wildman–Crippen MR) is 86.2 cm³/mol. The molecule has 2 fully saturated rings. The molecule has 1 aromatic rings. The molecule has 1 aromatic carbocycles. The molecule has 0 aromatic heterocycles. The third-order valence-electron chi connectivity index (χ3n) is 5.17. The van der Waals surface area contributed by atoms with Crippen molar-refractivity contribution in [2.45, 2.75) is 70.3 Å². The molecule has 1 atom stereocenters. The van der Waals surface area contributed by atoms with Crippen molar-refractivity contribution in [3.8, 4) is 0 Å². The standard InChI is InChI=1S/C19H29N/c1-2-14-20-19(17-10-11-17)13-12-16-6-3-4-9-18(16)15-7-5-8-15/h3-4,6,9,15,17,19-20H,2,5,7-8,10-14H2,1H3. The number of benzene rings is 1. The highest BCUT2D eigenvalue weighted by molar-refractivity contribution is 5.31. The Balaban J connectivity index is 1.59. The van der Waals surface area contributed by atoms with Gasteiger partial charge in [-0.3, -0.25) is 0 Å². The molecule has 0 heterocycles. The molecule has 0 bridgehead atoms. The molecular weight excluding hydrogens is 242 g/mol. The second-order valence-electron chi connectivity index (χ2n) is 6.76. The van der Waals surface area contributed by atoms with Gasteiger partial charge in [-0.2, -0.15) is 0 Å². The largest absolute Gasteiger partial charge is 0.314 e. The molecule has 20 heavy (non-hydrogen) atoms. The van der Waals surface area contributed by atoms with E-state index in [9.17, 15) is 0 Å². The fourth-order valence-corrected chi connectivity index (χ4v) is 3.52. The van der Waals surface area contributed by atoms with Crippen molar-refractivity contribution in [2.24, 2.45) is 5.92 Å². The molecule has 2 aliphatic rings. The lowest BCUT2D eigenvalue weighted by Crippen LogP contribution is -2.32. The maximum Gasteiger partial charge on any atom is 0.00984 e. The normalized spacial score (nSPS) is 20.6. The highest BCUT2D eigenvalue weighted by Crippen LogP contribution is 2.39. The summed E-state index contributed by atoms with van der Waals surface area (Å²) in [6, 6.07) is 9.97. The molecular formula is C19H29N. The van der Waals surface area contributed by atoms with Gasteiger partial charge < -0.3 is 5.32 Å². The van der Waals surface area contributed by atoms with Crippen LogP contribution in [0.25, 0.3) is 0 Å². The topological polar surface area (TPSA) is 12.0 Å². The van der Waals surface area contributed by atoms with Gasteiger partial charge in [0.05, 0.1) is 0 Å². The summed E-state index contributed by atoms with van der Waals surface area (Å²) in [4.78, 5) is 0. The minimum atomic E-state index is 0.768. The molecule has 1 heteroatoms. The third kappa shape index (κ3) is 3.44. The molecule has 1 N–H and O–H groups in total. The Bertz CT molecular complexity index is 418. The third-order valence-corrected chi connectivity index (χ3v) is 5.17. The molecule has 0 spiro atoms. The summed E-state index contributed by atoms with van der Waals surface area (Å²) in [5.74, 6) is 1.84. The van der Waals surface area contributed by atoms with Crippen LogP contribution in [0.2, 0.25) is 0 Å². The van der Waals surface area contributed by atoms with E-state index in [0.29, 0.717) is 0 Å². The van der Waals surface area contributed by atoms with Crippen molar-refractivity contribution in [1.82, 2.24) is 5.32 Å². The van der Waals surface area contributed by atoms with Gasteiger partial charge in [-0.15, -0.1) is 0 Å². The first-order valence-corrected chi connectivity index (χ1v) is 8.69. The van der Waals surface area contributed by atoms with Crippen LogP contribution in [0.15, 0.2) is 24.3 Å².